The molecule has 0 unspecified atom stereocenters. The molecule has 0 radical (unpaired) electrons. The van der Waals surface area contributed by atoms with Crippen LogP contribution in [0.25, 0.3) is 0 Å². The third-order valence-corrected chi connectivity index (χ3v) is 2.16. The number of hydrogen-bond acceptors (Lipinski definition) is 3. The maximum Gasteiger partial charge on any atom is 0.306 e. The number of ether oxygens (including phenoxy) is 2. The highest BCUT2D eigenvalue weighted by Crippen LogP contribution is 2.19. The third-order valence-electron chi connectivity index (χ3n) is 2.16. The molecule has 0 atom stereocenters. The average molecular weight is 244 g/mol. The third kappa shape index (κ3) is 13.4. The first-order valence-corrected chi connectivity index (χ1v) is 6.33. The monoisotopic (exact) mass is 244 g/mol. The summed E-state index contributed by atoms with van der Waals surface area (Å²) in [5.41, 5.74) is 0.285. The minimum Gasteiger partial charge on any atom is -0.463 e. The van der Waals surface area contributed by atoms with Gasteiger partial charge < -0.3 is 9.47 Å². The molecule has 3 nitrogen and oxygen atoms in total. The van der Waals surface area contributed by atoms with Crippen LogP contribution in [0, 0.1) is 10.8 Å². The smallest absolute Gasteiger partial charge is 0.306 e. The van der Waals surface area contributed by atoms with E-state index in [-0.39, 0.29) is 11.4 Å². The summed E-state index contributed by atoms with van der Waals surface area (Å²) in [6.45, 7) is 14.2. The second-order valence-corrected chi connectivity index (χ2v) is 6.88. The van der Waals surface area contributed by atoms with Gasteiger partial charge in [-0.2, -0.15) is 0 Å². The average Bonchev–Trinajstić information content (AvgIpc) is 2.06. The lowest BCUT2D eigenvalue weighted by Crippen LogP contribution is -2.18. The number of hydrogen-bond donors (Lipinski definition) is 0. The number of esters is 1. The van der Waals surface area contributed by atoms with Crippen molar-refractivity contribution < 1.29 is 14.3 Å². The molecule has 0 aliphatic heterocycles. The fourth-order valence-corrected chi connectivity index (χ4v) is 1.18. The van der Waals surface area contributed by atoms with Crippen LogP contribution in [-0.4, -0.2) is 25.8 Å². The van der Waals surface area contributed by atoms with Crippen molar-refractivity contribution in [1.29, 1.82) is 0 Å². The normalized spacial score (nSPS) is 12.6. The molecule has 0 aromatic carbocycles. The second kappa shape index (κ2) is 7.00. The van der Waals surface area contributed by atoms with Crippen molar-refractivity contribution in [2.24, 2.45) is 10.8 Å². The van der Waals surface area contributed by atoms with Crippen LogP contribution in [-0.2, 0) is 14.3 Å². The Kier molecular flexibility index (Phi) is 6.76. The summed E-state index contributed by atoms with van der Waals surface area (Å²) in [5, 5.41) is 0. The topological polar surface area (TPSA) is 35.5 Å². The lowest BCUT2D eigenvalue weighted by atomic mass is 9.92. The molecule has 0 saturated carbocycles. The quantitative estimate of drug-likeness (QED) is 0.530. The Hall–Kier alpha value is -0.570. The molecule has 0 spiro atoms. The van der Waals surface area contributed by atoms with Crippen molar-refractivity contribution in [2.75, 3.05) is 19.8 Å². The standard InChI is InChI=1S/C14H28O3/c1-13(2,3)7-8-16-9-10-17-12(15)11-14(4,5)6/h7-11H2,1-6H3. The molecule has 0 aliphatic carbocycles. The van der Waals surface area contributed by atoms with E-state index in [0.717, 1.165) is 13.0 Å². The highest BCUT2D eigenvalue weighted by Gasteiger charge is 2.16. The van der Waals surface area contributed by atoms with Crippen molar-refractivity contribution in [3.63, 3.8) is 0 Å². The van der Waals surface area contributed by atoms with Crippen LogP contribution in [0.4, 0.5) is 0 Å². The lowest BCUT2D eigenvalue weighted by molar-refractivity contribution is -0.147. The number of carbonyl (C=O) groups is 1. The molecule has 0 amide bonds. The van der Waals surface area contributed by atoms with Gasteiger partial charge in [0, 0.05) is 6.61 Å². The fourth-order valence-electron chi connectivity index (χ4n) is 1.18. The van der Waals surface area contributed by atoms with E-state index in [9.17, 15) is 4.79 Å². The molecule has 0 aromatic heterocycles. The van der Waals surface area contributed by atoms with Crippen LogP contribution in [0.3, 0.4) is 0 Å². The Balaban J connectivity index is 3.44. The van der Waals surface area contributed by atoms with E-state index in [1.807, 2.05) is 20.8 Å². The largest absolute Gasteiger partial charge is 0.463 e. The first-order valence-electron chi connectivity index (χ1n) is 6.33. The molecule has 17 heavy (non-hydrogen) atoms. The highest BCUT2D eigenvalue weighted by molar-refractivity contribution is 5.70. The molecule has 0 heterocycles. The maximum atomic E-state index is 11.4. The Morgan fingerprint density at radius 1 is 0.882 bits per heavy atom. The van der Waals surface area contributed by atoms with Crippen molar-refractivity contribution in [3.8, 4) is 0 Å². The van der Waals surface area contributed by atoms with Crippen LogP contribution in [0.5, 0.6) is 0 Å². The number of rotatable bonds is 6. The van der Waals surface area contributed by atoms with Crippen molar-refractivity contribution in [1.82, 2.24) is 0 Å². The van der Waals surface area contributed by atoms with E-state index in [0.29, 0.717) is 25.0 Å². The summed E-state index contributed by atoms with van der Waals surface area (Å²) < 4.78 is 10.5. The van der Waals surface area contributed by atoms with E-state index < -0.39 is 0 Å². The molecule has 0 fully saturated rings. The van der Waals surface area contributed by atoms with Gasteiger partial charge in [-0.25, -0.2) is 0 Å². The zero-order valence-corrected chi connectivity index (χ0v) is 12.3. The van der Waals surface area contributed by atoms with Gasteiger partial charge in [0.1, 0.15) is 6.61 Å². The summed E-state index contributed by atoms with van der Waals surface area (Å²) in [6.07, 6.45) is 1.47. The van der Waals surface area contributed by atoms with E-state index in [1.165, 1.54) is 0 Å². The Morgan fingerprint density at radius 3 is 1.94 bits per heavy atom. The molecule has 3 heteroatoms. The van der Waals surface area contributed by atoms with Gasteiger partial charge in [-0.1, -0.05) is 41.5 Å². The van der Waals surface area contributed by atoms with E-state index in [4.69, 9.17) is 9.47 Å². The molecule has 0 aromatic rings. The van der Waals surface area contributed by atoms with Gasteiger partial charge in [0.15, 0.2) is 0 Å². The fraction of sp³-hybridized carbons (Fsp3) is 0.929. The summed E-state index contributed by atoms with van der Waals surface area (Å²) in [7, 11) is 0. The molecule has 102 valence electrons. The minimum atomic E-state index is -0.142. The molecule has 0 aliphatic rings. The van der Waals surface area contributed by atoms with E-state index >= 15 is 0 Å². The van der Waals surface area contributed by atoms with Crippen molar-refractivity contribution >= 4 is 5.97 Å². The summed E-state index contributed by atoms with van der Waals surface area (Å²) in [5.74, 6) is -0.142. The molecular weight excluding hydrogens is 216 g/mol. The minimum absolute atomic E-state index is 0.00975. The zero-order chi connectivity index (χ0) is 13.5. The number of carbonyl (C=O) groups excluding carboxylic acids is 1. The molecule has 0 saturated heterocycles. The molecule has 0 bridgehead atoms. The van der Waals surface area contributed by atoms with Gasteiger partial charge in [0.25, 0.3) is 0 Å². The second-order valence-electron chi connectivity index (χ2n) is 6.88. The molecule has 0 rings (SSSR count). The van der Waals surface area contributed by atoms with Gasteiger partial charge in [0.2, 0.25) is 0 Å². The van der Waals surface area contributed by atoms with Crippen LogP contribution < -0.4 is 0 Å². The first kappa shape index (κ1) is 16.4. The van der Waals surface area contributed by atoms with Gasteiger partial charge in [0.05, 0.1) is 13.0 Å². The molecular formula is C14H28O3. The van der Waals surface area contributed by atoms with E-state index in [1.54, 1.807) is 0 Å². The predicted octanol–water partition coefficient (Wildman–Crippen LogP) is 3.42. The van der Waals surface area contributed by atoms with Crippen molar-refractivity contribution in [3.05, 3.63) is 0 Å². The maximum absolute atomic E-state index is 11.4. The lowest BCUT2D eigenvalue weighted by Gasteiger charge is -2.18. The van der Waals surface area contributed by atoms with Gasteiger partial charge in [-0.15, -0.1) is 0 Å². The van der Waals surface area contributed by atoms with Crippen LogP contribution >= 0.6 is 0 Å². The zero-order valence-electron chi connectivity index (χ0n) is 12.3. The highest BCUT2D eigenvalue weighted by atomic mass is 16.6. The predicted molar refractivity (Wildman–Crippen MR) is 69.9 cm³/mol. The Labute approximate surface area is 106 Å². The van der Waals surface area contributed by atoms with Gasteiger partial charge in [-0.3, -0.25) is 4.79 Å². The van der Waals surface area contributed by atoms with Gasteiger partial charge in [-0.05, 0) is 17.3 Å². The van der Waals surface area contributed by atoms with Crippen LogP contribution in [0.1, 0.15) is 54.4 Å². The summed E-state index contributed by atoms with van der Waals surface area (Å²) in [6, 6.07) is 0. The van der Waals surface area contributed by atoms with E-state index in [2.05, 4.69) is 20.8 Å². The van der Waals surface area contributed by atoms with Gasteiger partial charge >= 0.3 is 5.97 Å². The van der Waals surface area contributed by atoms with Crippen molar-refractivity contribution in [2.45, 2.75) is 54.4 Å². The first-order chi connectivity index (χ1) is 7.60. The Bertz CT molecular complexity index is 221. The SMILES string of the molecule is CC(C)(C)CCOCCOC(=O)CC(C)(C)C. The summed E-state index contributed by atoms with van der Waals surface area (Å²) >= 11 is 0. The summed E-state index contributed by atoms with van der Waals surface area (Å²) in [4.78, 5) is 11.4. The van der Waals surface area contributed by atoms with Crippen LogP contribution in [0.2, 0.25) is 0 Å². The molecule has 0 N–H and O–H groups in total. The Morgan fingerprint density at radius 2 is 1.47 bits per heavy atom. The van der Waals surface area contributed by atoms with Crippen LogP contribution in [0.15, 0.2) is 0 Å².